The van der Waals surface area contributed by atoms with E-state index in [2.05, 4.69) is 5.32 Å². The molecule has 0 radical (unpaired) electrons. The van der Waals surface area contributed by atoms with Crippen LogP contribution < -0.4 is 16.8 Å². The lowest BCUT2D eigenvalue weighted by Gasteiger charge is -2.18. The fourth-order valence-electron chi connectivity index (χ4n) is 1.09. The third-order valence-corrected chi connectivity index (χ3v) is 2.23. The first-order valence-electron chi connectivity index (χ1n) is 5.24. The molecule has 0 aromatic rings. The van der Waals surface area contributed by atoms with Gasteiger partial charge in [0.05, 0.1) is 12.1 Å². The van der Waals surface area contributed by atoms with Gasteiger partial charge in [0.2, 0.25) is 5.91 Å². The van der Waals surface area contributed by atoms with Crippen molar-refractivity contribution in [1.82, 2.24) is 5.32 Å². The molecular formula is C10H21N3O2. The van der Waals surface area contributed by atoms with Crippen molar-refractivity contribution in [3.8, 4) is 0 Å². The molecule has 0 aliphatic heterocycles. The topological polar surface area (TPSA) is 98.2 Å². The van der Waals surface area contributed by atoms with E-state index in [1.807, 2.05) is 13.8 Å². The molecule has 0 fully saturated rings. The Balaban J connectivity index is 4.06. The lowest BCUT2D eigenvalue weighted by molar-refractivity contribution is -0.126. The molecule has 0 aromatic heterocycles. The molecule has 5 heteroatoms. The third kappa shape index (κ3) is 5.49. The van der Waals surface area contributed by atoms with Gasteiger partial charge in [0.25, 0.3) is 0 Å². The zero-order valence-corrected chi connectivity index (χ0v) is 9.40. The largest absolute Gasteiger partial charge is 0.345 e. The lowest BCUT2D eigenvalue weighted by Crippen LogP contribution is -2.48. The summed E-state index contributed by atoms with van der Waals surface area (Å²) in [6, 6.07) is -1.03. The SMILES string of the molecule is CC(C)C(N)C(=O)NC(C=O)CCCN. The maximum atomic E-state index is 11.5. The molecule has 88 valence electrons. The van der Waals surface area contributed by atoms with E-state index in [4.69, 9.17) is 11.5 Å². The van der Waals surface area contributed by atoms with Crippen LogP contribution in [-0.4, -0.2) is 30.8 Å². The Morgan fingerprint density at radius 3 is 2.47 bits per heavy atom. The van der Waals surface area contributed by atoms with Gasteiger partial charge in [-0.3, -0.25) is 4.79 Å². The first-order valence-corrected chi connectivity index (χ1v) is 5.24. The fraction of sp³-hybridized carbons (Fsp3) is 0.800. The van der Waals surface area contributed by atoms with Crippen LogP contribution in [0.15, 0.2) is 0 Å². The molecule has 0 saturated heterocycles. The maximum Gasteiger partial charge on any atom is 0.237 e. The van der Waals surface area contributed by atoms with Gasteiger partial charge in [-0.2, -0.15) is 0 Å². The van der Waals surface area contributed by atoms with E-state index in [-0.39, 0.29) is 11.8 Å². The molecule has 0 heterocycles. The molecule has 0 aliphatic rings. The summed E-state index contributed by atoms with van der Waals surface area (Å²) in [6.07, 6.45) is 2.00. The van der Waals surface area contributed by atoms with Crippen molar-refractivity contribution in [2.45, 2.75) is 38.8 Å². The van der Waals surface area contributed by atoms with Crippen LogP contribution >= 0.6 is 0 Å². The first kappa shape index (κ1) is 14.1. The molecule has 5 N–H and O–H groups in total. The summed E-state index contributed by atoms with van der Waals surface area (Å²) >= 11 is 0. The number of rotatable bonds is 7. The van der Waals surface area contributed by atoms with Crippen LogP contribution in [0.5, 0.6) is 0 Å². The van der Waals surface area contributed by atoms with Crippen LogP contribution in [0.2, 0.25) is 0 Å². The number of aldehydes is 1. The summed E-state index contributed by atoms with van der Waals surface area (Å²) in [5.41, 5.74) is 11.0. The fourth-order valence-corrected chi connectivity index (χ4v) is 1.09. The lowest BCUT2D eigenvalue weighted by atomic mass is 10.0. The Hall–Kier alpha value is -0.940. The minimum absolute atomic E-state index is 0.0619. The highest BCUT2D eigenvalue weighted by molar-refractivity contribution is 5.84. The van der Waals surface area contributed by atoms with Gasteiger partial charge in [-0.1, -0.05) is 13.8 Å². The molecule has 0 saturated carbocycles. The molecule has 0 spiro atoms. The summed E-state index contributed by atoms with van der Waals surface area (Å²) in [5, 5.41) is 2.60. The molecule has 15 heavy (non-hydrogen) atoms. The molecule has 2 unspecified atom stereocenters. The summed E-state index contributed by atoms with van der Waals surface area (Å²) in [4.78, 5) is 22.1. The Morgan fingerprint density at radius 1 is 1.47 bits per heavy atom. The zero-order valence-electron chi connectivity index (χ0n) is 9.40. The number of carbonyl (C=O) groups is 2. The molecule has 0 bridgehead atoms. The van der Waals surface area contributed by atoms with Gasteiger partial charge in [-0.25, -0.2) is 0 Å². The highest BCUT2D eigenvalue weighted by Crippen LogP contribution is 2.00. The Morgan fingerprint density at radius 2 is 2.07 bits per heavy atom. The summed E-state index contributed by atoms with van der Waals surface area (Å²) in [7, 11) is 0. The summed E-state index contributed by atoms with van der Waals surface area (Å²) < 4.78 is 0. The van der Waals surface area contributed by atoms with Crippen LogP contribution in [0.25, 0.3) is 0 Å². The first-order chi connectivity index (χ1) is 7.02. The smallest absolute Gasteiger partial charge is 0.237 e. The van der Waals surface area contributed by atoms with Gasteiger partial charge in [0, 0.05) is 0 Å². The van der Waals surface area contributed by atoms with Gasteiger partial charge in [-0.15, -0.1) is 0 Å². The van der Waals surface area contributed by atoms with Gasteiger partial charge in [-0.05, 0) is 25.3 Å². The van der Waals surface area contributed by atoms with E-state index in [0.29, 0.717) is 19.4 Å². The predicted octanol–water partition coefficient (Wildman–Crippen LogP) is -0.608. The van der Waals surface area contributed by atoms with Gasteiger partial charge < -0.3 is 21.6 Å². The standard InChI is InChI=1S/C10H21N3O2/c1-7(2)9(12)10(15)13-8(6-14)4-3-5-11/h6-9H,3-5,11-12H2,1-2H3,(H,13,15). The van der Waals surface area contributed by atoms with Crippen molar-refractivity contribution >= 4 is 12.2 Å². The number of carbonyl (C=O) groups excluding carboxylic acids is 2. The number of amides is 1. The average Bonchev–Trinajstić information content (AvgIpc) is 2.22. The van der Waals surface area contributed by atoms with Crippen molar-refractivity contribution in [1.29, 1.82) is 0 Å². The summed E-state index contributed by atoms with van der Waals surface area (Å²) in [5.74, 6) is -0.217. The zero-order chi connectivity index (χ0) is 11.8. The van der Waals surface area contributed by atoms with Gasteiger partial charge in [0.15, 0.2) is 0 Å². The Labute approximate surface area is 90.6 Å². The van der Waals surface area contributed by atoms with E-state index in [0.717, 1.165) is 6.29 Å². The Bertz CT molecular complexity index is 207. The van der Waals surface area contributed by atoms with Crippen molar-refractivity contribution in [2.75, 3.05) is 6.54 Å². The van der Waals surface area contributed by atoms with Crippen LogP contribution in [0.3, 0.4) is 0 Å². The molecular weight excluding hydrogens is 194 g/mol. The maximum absolute atomic E-state index is 11.5. The molecule has 0 aromatic carbocycles. The molecule has 5 nitrogen and oxygen atoms in total. The second-order valence-electron chi connectivity index (χ2n) is 3.95. The van der Waals surface area contributed by atoms with Gasteiger partial charge in [0.1, 0.15) is 6.29 Å². The Kier molecular flexibility index (Phi) is 6.90. The van der Waals surface area contributed by atoms with Crippen LogP contribution in [0, 0.1) is 5.92 Å². The second kappa shape index (κ2) is 7.36. The van der Waals surface area contributed by atoms with E-state index < -0.39 is 12.1 Å². The minimum Gasteiger partial charge on any atom is -0.345 e. The van der Waals surface area contributed by atoms with E-state index in [9.17, 15) is 9.59 Å². The highest BCUT2D eigenvalue weighted by atomic mass is 16.2. The number of nitrogens with one attached hydrogen (secondary N) is 1. The van der Waals surface area contributed by atoms with E-state index in [1.165, 1.54) is 0 Å². The quantitative estimate of drug-likeness (QED) is 0.493. The van der Waals surface area contributed by atoms with Crippen molar-refractivity contribution < 1.29 is 9.59 Å². The predicted molar refractivity (Wildman–Crippen MR) is 59.1 cm³/mol. The number of hydrogen-bond acceptors (Lipinski definition) is 4. The van der Waals surface area contributed by atoms with Crippen molar-refractivity contribution in [2.24, 2.45) is 17.4 Å². The normalized spacial score (nSPS) is 14.7. The van der Waals surface area contributed by atoms with Crippen LogP contribution in [0.4, 0.5) is 0 Å². The summed E-state index contributed by atoms with van der Waals surface area (Å²) in [6.45, 7) is 4.23. The van der Waals surface area contributed by atoms with E-state index >= 15 is 0 Å². The number of nitrogens with two attached hydrogens (primary N) is 2. The molecule has 0 aliphatic carbocycles. The van der Waals surface area contributed by atoms with Crippen LogP contribution in [0.1, 0.15) is 26.7 Å². The van der Waals surface area contributed by atoms with Gasteiger partial charge >= 0.3 is 0 Å². The van der Waals surface area contributed by atoms with Crippen molar-refractivity contribution in [3.05, 3.63) is 0 Å². The van der Waals surface area contributed by atoms with Crippen LogP contribution in [-0.2, 0) is 9.59 Å². The third-order valence-electron chi connectivity index (χ3n) is 2.23. The highest BCUT2D eigenvalue weighted by Gasteiger charge is 2.19. The minimum atomic E-state index is -0.565. The van der Waals surface area contributed by atoms with E-state index in [1.54, 1.807) is 0 Å². The monoisotopic (exact) mass is 215 g/mol. The van der Waals surface area contributed by atoms with Crippen molar-refractivity contribution in [3.63, 3.8) is 0 Å². The molecule has 1 amide bonds. The average molecular weight is 215 g/mol. The molecule has 2 atom stereocenters. The molecule has 0 rings (SSSR count). The second-order valence-corrected chi connectivity index (χ2v) is 3.95. The number of hydrogen-bond donors (Lipinski definition) is 3.